The van der Waals surface area contributed by atoms with Gasteiger partial charge in [-0.1, -0.05) is 85.0 Å². The smallest absolute Gasteiger partial charge is 0.186 e. The Bertz CT molecular complexity index is 216. The summed E-state index contributed by atoms with van der Waals surface area (Å²) in [5.41, 5.74) is 0. The van der Waals surface area contributed by atoms with E-state index in [9.17, 15) is 0 Å². The minimum Gasteiger partial charge on any atom is -0.414 e. The lowest BCUT2D eigenvalue weighted by Crippen LogP contribution is -2.34. The molecule has 0 rings (SSSR count). The molecule has 0 aliphatic rings. The van der Waals surface area contributed by atoms with Crippen LogP contribution in [0.1, 0.15) is 97.8 Å². The molecule has 0 fully saturated rings. The van der Waals surface area contributed by atoms with Crippen LogP contribution in [0, 0.1) is 0 Å². The van der Waals surface area contributed by atoms with E-state index < -0.39 is 8.32 Å². The van der Waals surface area contributed by atoms with Gasteiger partial charge in [0.15, 0.2) is 8.32 Å². The van der Waals surface area contributed by atoms with Crippen molar-refractivity contribution < 1.29 is 4.43 Å². The first-order valence-electron chi connectivity index (χ1n) is 9.73. The van der Waals surface area contributed by atoms with Crippen molar-refractivity contribution in [2.75, 3.05) is 0 Å². The first-order valence-corrected chi connectivity index (χ1v) is 12.8. The van der Waals surface area contributed by atoms with Crippen molar-refractivity contribution in [3.8, 4) is 0 Å². The second kappa shape index (κ2) is 13.8. The normalized spacial score (nSPS) is 13.6. The summed E-state index contributed by atoms with van der Waals surface area (Å²) >= 11 is 0. The zero-order valence-electron chi connectivity index (χ0n) is 15.7. The molecule has 0 spiro atoms. The molecule has 0 amide bonds. The van der Waals surface area contributed by atoms with Crippen LogP contribution in [0.25, 0.3) is 0 Å². The van der Waals surface area contributed by atoms with Gasteiger partial charge in [-0.25, -0.2) is 0 Å². The van der Waals surface area contributed by atoms with Gasteiger partial charge in [-0.05, 0) is 32.0 Å². The van der Waals surface area contributed by atoms with Gasteiger partial charge in [0.25, 0.3) is 0 Å². The molecule has 0 aliphatic carbocycles. The third-order valence-corrected chi connectivity index (χ3v) is 7.25. The molecular formula is C19H42OSi. The molecular weight excluding hydrogens is 272 g/mol. The first-order chi connectivity index (χ1) is 10.1. The molecule has 128 valence electrons. The van der Waals surface area contributed by atoms with Gasteiger partial charge in [0.1, 0.15) is 0 Å². The summed E-state index contributed by atoms with van der Waals surface area (Å²) in [7, 11) is -1.37. The molecule has 0 aromatic carbocycles. The maximum Gasteiger partial charge on any atom is 0.186 e. The van der Waals surface area contributed by atoms with E-state index in [4.69, 9.17) is 4.43 Å². The standard InChI is InChI=1S/C19H42OSi/c1-6-9-10-11-12-13-14-15-16-18-19(17-7-2)20-21(4,5)8-3/h19H,6-18H2,1-5H3. The Labute approximate surface area is 136 Å². The summed E-state index contributed by atoms with van der Waals surface area (Å²) in [4.78, 5) is 0. The van der Waals surface area contributed by atoms with E-state index in [1.807, 2.05) is 0 Å². The van der Waals surface area contributed by atoms with Crippen molar-refractivity contribution in [1.29, 1.82) is 0 Å². The summed E-state index contributed by atoms with van der Waals surface area (Å²) in [6.07, 6.45) is 17.1. The van der Waals surface area contributed by atoms with Crippen LogP contribution >= 0.6 is 0 Å². The molecule has 0 aromatic rings. The van der Waals surface area contributed by atoms with Crippen molar-refractivity contribution >= 4 is 8.32 Å². The molecule has 0 bridgehead atoms. The number of hydrogen-bond acceptors (Lipinski definition) is 1. The number of unbranched alkanes of at least 4 members (excludes halogenated alkanes) is 8. The SMILES string of the molecule is CCCCCCCCCCCC(CCC)O[Si](C)(C)CC. The van der Waals surface area contributed by atoms with Gasteiger partial charge in [0.2, 0.25) is 0 Å². The Morgan fingerprint density at radius 2 is 1.19 bits per heavy atom. The van der Waals surface area contributed by atoms with E-state index in [0.717, 1.165) is 0 Å². The van der Waals surface area contributed by atoms with Crippen LogP contribution in [0.15, 0.2) is 0 Å². The van der Waals surface area contributed by atoms with Crippen LogP contribution in [0.5, 0.6) is 0 Å². The van der Waals surface area contributed by atoms with Gasteiger partial charge in [0.05, 0.1) is 0 Å². The lowest BCUT2D eigenvalue weighted by molar-refractivity contribution is 0.166. The molecule has 21 heavy (non-hydrogen) atoms. The second-order valence-corrected chi connectivity index (χ2v) is 11.7. The molecule has 0 aromatic heterocycles. The Hall–Kier alpha value is 0.177. The Morgan fingerprint density at radius 3 is 1.67 bits per heavy atom. The molecule has 0 N–H and O–H groups in total. The number of rotatable bonds is 15. The monoisotopic (exact) mass is 314 g/mol. The second-order valence-electron chi connectivity index (χ2n) is 7.26. The van der Waals surface area contributed by atoms with E-state index in [1.165, 1.54) is 83.1 Å². The van der Waals surface area contributed by atoms with Crippen LogP contribution in [0.3, 0.4) is 0 Å². The fourth-order valence-electron chi connectivity index (χ4n) is 2.80. The summed E-state index contributed by atoms with van der Waals surface area (Å²) < 4.78 is 6.44. The van der Waals surface area contributed by atoms with Crippen molar-refractivity contribution in [3.05, 3.63) is 0 Å². The number of hydrogen-bond donors (Lipinski definition) is 0. The molecule has 0 saturated carbocycles. The van der Waals surface area contributed by atoms with Crippen molar-refractivity contribution in [2.24, 2.45) is 0 Å². The lowest BCUT2D eigenvalue weighted by atomic mass is 10.0. The summed E-state index contributed by atoms with van der Waals surface area (Å²) in [6.45, 7) is 11.6. The summed E-state index contributed by atoms with van der Waals surface area (Å²) in [5.74, 6) is 0. The summed E-state index contributed by atoms with van der Waals surface area (Å²) in [6, 6.07) is 1.24. The molecule has 0 heterocycles. The predicted molar refractivity (Wildman–Crippen MR) is 99.6 cm³/mol. The van der Waals surface area contributed by atoms with E-state index in [0.29, 0.717) is 6.10 Å². The largest absolute Gasteiger partial charge is 0.414 e. The zero-order valence-corrected chi connectivity index (χ0v) is 16.7. The van der Waals surface area contributed by atoms with Gasteiger partial charge >= 0.3 is 0 Å². The third-order valence-electron chi connectivity index (χ3n) is 4.58. The highest BCUT2D eigenvalue weighted by Crippen LogP contribution is 2.20. The quantitative estimate of drug-likeness (QED) is 0.227. The van der Waals surface area contributed by atoms with Gasteiger partial charge < -0.3 is 4.43 Å². The van der Waals surface area contributed by atoms with E-state index >= 15 is 0 Å². The minimum absolute atomic E-state index is 0.543. The van der Waals surface area contributed by atoms with E-state index in [2.05, 4.69) is 33.9 Å². The van der Waals surface area contributed by atoms with E-state index in [1.54, 1.807) is 0 Å². The lowest BCUT2D eigenvalue weighted by Gasteiger charge is -2.28. The molecule has 2 heteroatoms. The first kappa shape index (κ1) is 21.2. The fourth-order valence-corrected chi connectivity index (χ4v) is 4.11. The molecule has 1 atom stereocenters. The average molecular weight is 315 g/mol. The van der Waals surface area contributed by atoms with Gasteiger partial charge in [0, 0.05) is 6.10 Å². The highest BCUT2D eigenvalue weighted by Gasteiger charge is 2.23. The maximum absolute atomic E-state index is 6.44. The highest BCUT2D eigenvalue weighted by atomic mass is 28.4. The van der Waals surface area contributed by atoms with Crippen molar-refractivity contribution in [2.45, 2.75) is 123 Å². The van der Waals surface area contributed by atoms with Crippen LogP contribution in [-0.2, 0) is 4.43 Å². The van der Waals surface area contributed by atoms with Gasteiger partial charge in [-0.15, -0.1) is 0 Å². The fraction of sp³-hybridized carbons (Fsp3) is 1.00. The van der Waals surface area contributed by atoms with Crippen LogP contribution in [-0.4, -0.2) is 14.4 Å². The average Bonchev–Trinajstić information content (AvgIpc) is 2.45. The predicted octanol–water partition coefficient (Wildman–Crippen LogP) is 7.32. The minimum atomic E-state index is -1.37. The highest BCUT2D eigenvalue weighted by molar-refractivity contribution is 6.71. The van der Waals surface area contributed by atoms with Gasteiger partial charge in [-0.3, -0.25) is 0 Å². The summed E-state index contributed by atoms with van der Waals surface area (Å²) in [5, 5.41) is 0. The molecule has 1 nitrogen and oxygen atoms in total. The third kappa shape index (κ3) is 13.6. The maximum atomic E-state index is 6.44. The zero-order chi connectivity index (χ0) is 16.0. The molecule has 1 unspecified atom stereocenters. The Morgan fingerprint density at radius 1 is 0.667 bits per heavy atom. The van der Waals surface area contributed by atoms with Crippen LogP contribution in [0.2, 0.25) is 19.1 Å². The molecule has 0 saturated heterocycles. The Kier molecular flexibility index (Phi) is 13.9. The van der Waals surface area contributed by atoms with Crippen LogP contribution < -0.4 is 0 Å². The van der Waals surface area contributed by atoms with Crippen molar-refractivity contribution in [3.63, 3.8) is 0 Å². The molecule has 0 aliphatic heterocycles. The van der Waals surface area contributed by atoms with E-state index in [-0.39, 0.29) is 0 Å². The van der Waals surface area contributed by atoms with Crippen molar-refractivity contribution in [1.82, 2.24) is 0 Å². The topological polar surface area (TPSA) is 9.23 Å². The van der Waals surface area contributed by atoms with Crippen LogP contribution in [0.4, 0.5) is 0 Å². The van der Waals surface area contributed by atoms with Gasteiger partial charge in [-0.2, -0.15) is 0 Å². The molecule has 0 radical (unpaired) electrons. The Balaban J connectivity index is 3.60.